The molecular formula is C63H96O5. The highest BCUT2D eigenvalue weighted by molar-refractivity contribution is 5.70. The average molecular weight is 933 g/mol. The molecule has 0 aliphatic carbocycles. The van der Waals surface area contributed by atoms with Gasteiger partial charge in [0.2, 0.25) is 0 Å². The fourth-order valence-electron chi connectivity index (χ4n) is 6.57. The maximum Gasteiger partial charge on any atom is 0.306 e. The van der Waals surface area contributed by atoms with Crippen molar-refractivity contribution >= 4 is 11.9 Å². The van der Waals surface area contributed by atoms with Crippen LogP contribution in [0.15, 0.2) is 170 Å². The molecule has 0 aliphatic heterocycles. The lowest BCUT2D eigenvalue weighted by atomic mass is 10.1. The van der Waals surface area contributed by atoms with Crippen LogP contribution in [0.2, 0.25) is 0 Å². The van der Waals surface area contributed by atoms with Crippen LogP contribution in [0, 0.1) is 0 Å². The van der Waals surface area contributed by atoms with Crippen molar-refractivity contribution in [3.05, 3.63) is 170 Å². The largest absolute Gasteiger partial charge is 0.462 e. The summed E-state index contributed by atoms with van der Waals surface area (Å²) >= 11 is 0. The molecule has 378 valence electrons. The van der Waals surface area contributed by atoms with Crippen LogP contribution in [0.4, 0.5) is 0 Å². The first-order valence-electron chi connectivity index (χ1n) is 26.7. The van der Waals surface area contributed by atoms with Gasteiger partial charge in [-0.05, 0) is 128 Å². The first kappa shape index (κ1) is 63.3. The van der Waals surface area contributed by atoms with Crippen LogP contribution < -0.4 is 0 Å². The number of ether oxygens (including phenoxy) is 2. The van der Waals surface area contributed by atoms with Crippen LogP contribution in [0.5, 0.6) is 0 Å². The zero-order valence-corrected chi connectivity index (χ0v) is 43.0. The van der Waals surface area contributed by atoms with Crippen LogP contribution in [0.3, 0.4) is 0 Å². The molecule has 0 heterocycles. The number of esters is 2. The summed E-state index contributed by atoms with van der Waals surface area (Å²) in [4.78, 5) is 24.4. The lowest BCUT2D eigenvalue weighted by molar-refractivity contribution is -0.161. The Hall–Kier alpha value is -4.74. The number of rotatable bonds is 46. The van der Waals surface area contributed by atoms with Gasteiger partial charge in [0.25, 0.3) is 0 Å². The van der Waals surface area contributed by atoms with Crippen molar-refractivity contribution in [1.29, 1.82) is 0 Å². The van der Waals surface area contributed by atoms with E-state index in [0.29, 0.717) is 12.8 Å². The van der Waals surface area contributed by atoms with E-state index in [1.165, 1.54) is 12.8 Å². The Balaban J connectivity index is 3.68. The van der Waals surface area contributed by atoms with E-state index in [-0.39, 0.29) is 25.2 Å². The maximum atomic E-state index is 12.3. The number of hydrogen-bond acceptors (Lipinski definition) is 5. The van der Waals surface area contributed by atoms with E-state index >= 15 is 0 Å². The molecule has 0 aromatic rings. The Labute approximate surface area is 417 Å². The van der Waals surface area contributed by atoms with Crippen molar-refractivity contribution in [2.75, 3.05) is 13.2 Å². The molecule has 0 aromatic heterocycles. The van der Waals surface area contributed by atoms with Crippen LogP contribution in [-0.4, -0.2) is 36.4 Å². The molecular weight excluding hydrogens is 837 g/mol. The number of unbranched alkanes of at least 4 members (excludes halogenated alkanes) is 10. The molecule has 1 N–H and O–H groups in total. The number of hydrogen-bond donors (Lipinski definition) is 1. The van der Waals surface area contributed by atoms with Crippen molar-refractivity contribution < 1.29 is 24.2 Å². The molecule has 0 saturated carbocycles. The van der Waals surface area contributed by atoms with Crippen LogP contribution in [0.25, 0.3) is 0 Å². The molecule has 5 nitrogen and oxygen atoms in total. The topological polar surface area (TPSA) is 72.8 Å². The summed E-state index contributed by atoms with van der Waals surface area (Å²) in [7, 11) is 0. The third-order valence-corrected chi connectivity index (χ3v) is 10.5. The van der Waals surface area contributed by atoms with Gasteiger partial charge < -0.3 is 14.6 Å². The van der Waals surface area contributed by atoms with E-state index in [9.17, 15) is 14.7 Å². The number of allylic oxidation sites excluding steroid dienone is 28. The van der Waals surface area contributed by atoms with Crippen molar-refractivity contribution in [2.24, 2.45) is 0 Å². The minimum atomic E-state index is -0.804. The van der Waals surface area contributed by atoms with Crippen molar-refractivity contribution in [3.8, 4) is 0 Å². The minimum Gasteiger partial charge on any atom is -0.462 e. The number of carbonyl (C=O) groups excluding carboxylic acids is 2. The lowest BCUT2D eigenvalue weighted by Crippen LogP contribution is -2.28. The smallest absolute Gasteiger partial charge is 0.306 e. The molecule has 0 saturated heterocycles. The van der Waals surface area contributed by atoms with Crippen molar-refractivity contribution in [3.63, 3.8) is 0 Å². The normalized spacial score (nSPS) is 13.6. The van der Waals surface area contributed by atoms with E-state index in [1.54, 1.807) is 0 Å². The van der Waals surface area contributed by atoms with E-state index in [2.05, 4.69) is 184 Å². The number of carbonyl (C=O) groups is 2. The average Bonchev–Trinajstić information content (AvgIpc) is 3.34. The summed E-state index contributed by atoms with van der Waals surface area (Å²) in [5, 5.41) is 9.62. The second-order valence-corrected chi connectivity index (χ2v) is 16.8. The molecule has 0 fully saturated rings. The van der Waals surface area contributed by atoms with E-state index in [1.807, 2.05) is 0 Å². The molecule has 0 aliphatic rings. The highest BCUT2D eigenvalue weighted by atomic mass is 16.6. The zero-order chi connectivity index (χ0) is 49.2. The third-order valence-electron chi connectivity index (χ3n) is 10.5. The van der Waals surface area contributed by atoms with Crippen molar-refractivity contribution in [1.82, 2.24) is 0 Å². The summed E-state index contributed by atoms with van der Waals surface area (Å²) in [6.45, 7) is 3.86. The van der Waals surface area contributed by atoms with Gasteiger partial charge in [-0.1, -0.05) is 223 Å². The number of aliphatic hydroxyl groups is 1. The molecule has 1 unspecified atom stereocenters. The van der Waals surface area contributed by atoms with Gasteiger partial charge in [0.1, 0.15) is 6.61 Å². The predicted octanol–water partition coefficient (Wildman–Crippen LogP) is 18.2. The fraction of sp³-hybridized carbons (Fsp3) is 0.524. The summed E-state index contributed by atoms with van der Waals surface area (Å²) in [5.41, 5.74) is 0. The highest BCUT2D eigenvalue weighted by Gasteiger charge is 2.16. The molecule has 68 heavy (non-hydrogen) atoms. The van der Waals surface area contributed by atoms with E-state index in [4.69, 9.17) is 9.47 Å². The minimum absolute atomic E-state index is 0.0965. The zero-order valence-electron chi connectivity index (χ0n) is 43.0. The first-order valence-corrected chi connectivity index (χ1v) is 26.7. The Kier molecular flexibility index (Phi) is 52.6. The number of aliphatic hydroxyl groups excluding tert-OH is 1. The molecule has 0 rings (SSSR count). The van der Waals surface area contributed by atoms with Gasteiger partial charge in [0, 0.05) is 12.8 Å². The molecule has 0 amide bonds. The second kappa shape index (κ2) is 56.6. The summed E-state index contributed by atoms with van der Waals surface area (Å²) < 4.78 is 10.6. The van der Waals surface area contributed by atoms with Gasteiger partial charge in [0.05, 0.1) is 6.61 Å². The third kappa shape index (κ3) is 53.9. The van der Waals surface area contributed by atoms with Gasteiger partial charge in [-0.2, -0.15) is 0 Å². The standard InChI is InChI=1S/C63H96O5/c1-3-5-7-9-11-13-15-17-19-21-22-23-24-25-26-27-28-29-30-31-32-33-34-35-36-37-38-39-40-42-44-46-48-50-52-54-56-58-63(66)68-61(59-64)60-67-62(65)57-55-53-51-49-47-45-43-41-20-18-16-14-12-10-8-6-4-2/h5-8,11-14,17-20,22-23,25-26,28-29,31-32,34-35,37-38,40,42-43,45,61,64H,3-4,9-10,15-16,21,24,27,30,33,36,39,41,44,46-60H2,1-2H3/b7-5-,8-6-,13-11-,14-12-,19-17-,20-18-,23-22-,26-25-,29-28-,32-31-,35-34-,38-37-,42-40-,45-43-. The SMILES string of the molecule is CC/C=C\C/C=C\C/C=C\C/C=C\C/C=C\C/C=C\C/C=C\C/C=C\C/C=C\C/C=C\CCCCCCCCC(=O)OC(CO)COC(=O)CCCCCC/C=C\C/C=C\C/C=C\C/C=C\CC. The summed E-state index contributed by atoms with van der Waals surface area (Å²) in [6.07, 6.45) is 88.8. The van der Waals surface area contributed by atoms with Crippen LogP contribution in [0.1, 0.15) is 194 Å². The Bertz CT molecular complexity index is 1570. The molecule has 0 spiro atoms. The molecule has 0 radical (unpaired) electrons. The van der Waals surface area contributed by atoms with Gasteiger partial charge >= 0.3 is 11.9 Å². The predicted molar refractivity (Wildman–Crippen MR) is 297 cm³/mol. The highest BCUT2D eigenvalue weighted by Crippen LogP contribution is 2.12. The van der Waals surface area contributed by atoms with Gasteiger partial charge in [0.15, 0.2) is 6.10 Å². The second-order valence-electron chi connectivity index (χ2n) is 16.8. The van der Waals surface area contributed by atoms with Gasteiger partial charge in [-0.25, -0.2) is 0 Å². The monoisotopic (exact) mass is 933 g/mol. The lowest BCUT2D eigenvalue weighted by Gasteiger charge is -2.15. The van der Waals surface area contributed by atoms with Crippen molar-refractivity contribution in [2.45, 2.75) is 200 Å². The molecule has 5 heteroatoms. The Morgan fingerprint density at radius 3 is 0.882 bits per heavy atom. The molecule has 1 atom stereocenters. The molecule has 0 aromatic carbocycles. The van der Waals surface area contributed by atoms with Crippen LogP contribution in [-0.2, 0) is 19.1 Å². The first-order chi connectivity index (χ1) is 33.6. The fourth-order valence-corrected chi connectivity index (χ4v) is 6.57. The summed E-state index contributed by atoms with van der Waals surface area (Å²) in [6, 6.07) is 0. The molecule has 0 bridgehead atoms. The van der Waals surface area contributed by atoms with Gasteiger partial charge in [-0.15, -0.1) is 0 Å². The van der Waals surface area contributed by atoms with Crippen LogP contribution >= 0.6 is 0 Å². The summed E-state index contributed by atoms with van der Waals surface area (Å²) in [5.74, 6) is -0.651. The van der Waals surface area contributed by atoms with E-state index < -0.39 is 6.10 Å². The quantitative estimate of drug-likeness (QED) is 0.0374. The Morgan fingerprint density at radius 1 is 0.338 bits per heavy atom. The van der Waals surface area contributed by atoms with E-state index in [0.717, 1.165) is 154 Å². The maximum absolute atomic E-state index is 12.3. The Morgan fingerprint density at radius 2 is 0.588 bits per heavy atom. The van der Waals surface area contributed by atoms with Gasteiger partial charge in [-0.3, -0.25) is 9.59 Å².